The highest BCUT2D eigenvalue weighted by Crippen LogP contribution is 2.21. The number of hydrogen-bond donors (Lipinski definition) is 0. The highest BCUT2D eigenvalue weighted by Gasteiger charge is 2.28. The molecule has 0 spiro atoms. The summed E-state index contributed by atoms with van der Waals surface area (Å²) >= 11 is 5.96. The third-order valence-electron chi connectivity index (χ3n) is 4.33. The molecule has 0 radical (unpaired) electrons. The molecule has 0 bridgehead atoms. The van der Waals surface area contributed by atoms with Gasteiger partial charge in [-0.3, -0.25) is 9.59 Å². The van der Waals surface area contributed by atoms with Crippen molar-refractivity contribution < 1.29 is 14.3 Å². The van der Waals surface area contributed by atoms with Crippen LogP contribution < -0.4 is 9.64 Å². The molecule has 0 atom stereocenters. The molecule has 0 N–H and O–H groups in total. The van der Waals surface area contributed by atoms with Crippen molar-refractivity contribution in [1.29, 1.82) is 0 Å². The van der Waals surface area contributed by atoms with E-state index in [1.54, 1.807) is 34.2 Å². The zero-order valence-corrected chi connectivity index (χ0v) is 15.3. The van der Waals surface area contributed by atoms with Gasteiger partial charge in [0, 0.05) is 36.8 Å². The van der Waals surface area contributed by atoms with Crippen molar-refractivity contribution in [2.45, 2.75) is 12.8 Å². The first-order valence-electron chi connectivity index (χ1n) is 8.39. The van der Waals surface area contributed by atoms with E-state index in [2.05, 4.69) is 4.98 Å². The predicted octanol–water partition coefficient (Wildman–Crippen LogP) is 2.55. The van der Waals surface area contributed by atoms with Gasteiger partial charge >= 0.3 is 0 Å². The van der Waals surface area contributed by atoms with Gasteiger partial charge in [-0.05, 0) is 30.2 Å². The maximum Gasteiger partial charge on any atom is 0.246 e. The minimum atomic E-state index is -0.111. The Balaban J connectivity index is 1.57. The first-order chi connectivity index (χ1) is 12.6. The SMILES string of the molecule is COc1cc(N2CCN(C(=O)CCc3cccc(Cl)c3)CC2=O)ccn1. The molecular weight excluding hydrogens is 354 g/mol. The van der Waals surface area contributed by atoms with Crippen LogP contribution in [0.15, 0.2) is 42.6 Å². The number of methoxy groups -OCH3 is 1. The first kappa shape index (κ1) is 18.2. The van der Waals surface area contributed by atoms with Crippen molar-refractivity contribution >= 4 is 29.1 Å². The second-order valence-corrected chi connectivity index (χ2v) is 6.48. The lowest BCUT2D eigenvalue weighted by Gasteiger charge is -2.34. The number of rotatable bonds is 5. The van der Waals surface area contributed by atoms with Crippen LogP contribution in [0.4, 0.5) is 5.69 Å². The lowest BCUT2D eigenvalue weighted by Crippen LogP contribution is -2.52. The predicted molar refractivity (Wildman–Crippen MR) is 99.5 cm³/mol. The van der Waals surface area contributed by atoms with E-state index in [9.17, 15) is 9.59 Å². The Labute approximate surface area is 157 Å². The van der Waals surface area contributed by atoms with Gasteiger partial charge in [0.15, 0.2) is 0 Å². The van der Waals surface area contributed by atoms with Crippen molar-refractivity contribution in [3.05, 3.63) is 53.2 Å². The summed E-state index contributed by atoms with van der Waals surface area (Å²) in [6, 6.07) is 11.0. The summed E-state index contributed by atoms with van der Waals surface area (Å²) in [6.45, 7) is 1.04. The van der Waals surface area contributed by atoms with Crippen LogP contribution in [0.2, 0.25) is 5.02 Å². The van der Waals surface area contributed by atoms with Gasteiger partial charge in [0.05, 0.1) is 12.8 Å². The monoisotopic (exact) mass is 373 g/mol. The average molecular weight is 374 g/mol. The third kappa shape index (κ3) is 4.32. The van der Waals surface area contributed by atoms with Crippen LogP contribution in [-0.4, -0.2) is 48.4 Å². The fourth-order valence-corrected chi connectivity index (χ4v) is 3.15. The molecule has 2 heterocycles. The molecule has 1 saturated heterocycles. The maximum atomic E-state index is 12.5. The van der Waals surface area contributed by atoms with E-state index < -0.39 is 0 Å². The van der Waals surface area contributed by atoms with Crippen LogP contribution in [0, 0.1) is 0 Å². The van der Waals surface area contributed by atoms with E-state index in [-0.39, 0.29) is 18.4 Å². The number of pyridine rings is 1. The van der Waals surface area contributed by atoms with E-state index in [0.29, 0.717) is 36.8 Å². The zero-order valence-electron chi connectivity index (χ0n) is 14.5. The molecule has 0 saturated carbocycles. The molecular formula is C19H20ClN3O3. The summed E-state index contributed by atoms with van der Waals surface area (Å²) in [7, 11) is 1.53. The number of benzene rings is 1. The highest BCUT2D eigenvalue weighted by molar-refractivity contribution is 6.30. The summed E-state index contributed by atoms with van der Waals surface area (Å²) < 4.78 is 5.10. The topological polar surface area (TPSA) is 62.7 Å². The van der Waals surface area contributed by atoms with Gasteiger partial charge in [-0.25, -0.2) is 4.98 Å². The number of anilines is 1. The van der Waals surface area contributed by atoms with E-state index in [1.807, 2.05) is 18.2 Å². The standard InChI is InChI=1S/C19H20ClN3O3/c1-26-17-12-16(7-8-21-17)23-10-9-22(13-19(23)25)18(24)6-5-14-3-2-4-15(20)11-14/h2-4,7-8,11-12H,5-6,9-10,13H2,1H3. The molecule has 1 aliphatic rings. The molecule has 1 aromatic carbocycles. The molecule has 6 nitrogen and oxygen atoms in total. The highest BCUT2D eigenvalue weighted by atomic mass is 35.5. The van der Waals surface area contributed by atoms with Gasteiger partial charge in [0.1, 0.15) is 6.54 Å². The van der Waals surface area contributed by atoms with Gasteiger partial charge < -0.3 is 14.5 Å². The Morgan fingerprint density at radius 3 is 2.85 bits per heavy atom. The Morgan fingerprint density at radius 2 is 2.12 bits per heavy atom. The molecule has 2 amide bonds. The van der Waals surface area contributed by atoms with E-state index in [4.69, 9.17) is 16.3 Å². The molecule has 136 valence electrons. The number of amides is 2. The minimum Gasteiger partial charge on any atom is -0.481 e. The second kappa shape index (κ2) is 8.19. The lowest BCUT2D eigenvalue weighted by molar-refractivity contribution is -0.136. The Bertz CT molecular complexity index is 812. The summed E-state index contributed by atoms with van der Waals surface area (Å²) in [5.74, 6) is 0.321. The maximum absolute atomic E-state index is 12.5. The van der Waals surface area contributed by atoms with Crippen molar-refractivity contribution in [2.24, 2.45) is 0 Å². The quantitative estimate of drug-likeness (QED) is 0.808. The summed E-state index contributed by atoms with van der Waals surface area (Å²) in [4.78, 5) is 32.2. The van der Waals surface area contributed by atoms with Gasteiger partial charge in [-0.2, -0.15) is 0 Å². The summed E-state index contributed by atoms with van der Waals surface area (Å²) in [5, 5.41) is 0.659. The van der Waals surface area contributed by atoms with Gasteiger partial charge in [-0.1, -0.05) is 23.7 Å². The van der Waals surface area contributed by atoms with Crippen LogP contribution >= 0.6 is 11.6 Å². The zero-order chi connectivity index (χ0) is 18.5. The lowest BCUT2D eigenvalue weighted by atomic mass is 10.1. The Kier molecular flexibility index (Phi) is 5.73. The van der Waals surface area contributed by atoms with Crippen LogP contribution in [0.5, 0.6) is 5.88 Å². The number of nitrogens with zero attached hydrogens (tertiary/aromatic N) is 3. The Hall–Kier alpha value is -2.60. The average Bonchev–Trinajstić information content (AvgIpc) is 2.66. The molecule has 0 aliphatic carbocycles. The summed E-state index contributed by atoms with van der Waals surface area (Å²) in [5.41, 5.74) is 1.74. The fourth-order valence-electron chi connectivity index (χ4n) is 2.94. The number of aryl methyl sites for hydroxylation is 1. The van der Waals surface area contributed by atoms with Gasteiger partial charge in [0.2, 0.25) is 17.7 Å². The van der Waals surface area contributed by atoms with Crippen LogP contribution in [0.1, 0.15) is 12.0 Å². The second-order valence-electron chi connectivity index (χ2n) is 6.05. The number of ether oxygens (including phenoxy) is 1. The van der Waals surface area contributed by atoms with Gasteiger partial charge in [-0.15, -0.1) is 0 Å². The van der Waals surface area contributed by atoms with Crippen molar-refractivity contribution in [2.75, 3.05) is 31.6 Å². The van der Waals surface area contributed by atoms with Crippen molar-refractivity contribution in [3.8, 4) is 5.88 Å². The minimum absolute atomic E-state index is 0.0229. The van der Waals surface area contributed by atoms with Crippen LogP contribution in [0.3, 0.4) is 0 Å². The molecule has 1 fully saturated rings. The van der Waals surface area contributed by atoms with Crippen molar-refractivity contribution in [1.82, 2.24) is 9.88 Å². The molecule has 1 aliphatic heterocycles. The molecule has 1 aromatic heterocycles. The molecule has 7 heteroatoms. The number of halogens is 1. The van der Waals surface area contributed by atoms with Crippen LogP contribution in [-0.2, 0) is 16.0 Å². The van der Waals surface area contributed by atoms with Crippen molar-refractivity contribution in [3.63, 3.8) is 0 Å². The first-order valence-corrected chi connectivity index (χ1v) is 8.77. The van der Waals surface area contributed by atoms with E-state index in [1.165, 1.54) is 7.11 Å². The number of carbonyl (C=O) groups is 2. The van der Waals surface area contributed by atoms with E-state index >= 15 is 0 Å². The normalized spacial score (nSPS) is 14.5. The smallest absolute Gasteiger partial charge is 0.246 e. The number of carbonyl (C=O) groups excluding carboxylic acids is 2. The largest absolute Gasteiger partial charge is 0.481 e. The number of piperazine rings is 1. The van der Waals surface area contributed by atoms with E-state index in [0.717, 1.165) is 11.3 Å². The summed E-state index contributed by atoms with van der Waals surface area (Å²) in [6.07, 6.45) is 2.57. The molecule has 3 rings (SSSR count). The molecule has 26 heavy (non-hydrogen) atoms. The van der Waals surface area contributed by atoms with Gasteiger partial charge in [0.25, 0.3) is 0 Å². The number of hydrogen-bond acceptors (Lipinski definition) is 4. The van der Waals surface area contributed by atoms with Crippen LogP contribution in [0.25, 0.3) is 0 Å². The molecule has 2 aromatic rings. The number of aromatic nitrogens is 1. The Morgan fingerprint density at radius 1 is 1.27 bits per heavy atom. The molecule has 0 unspecified atom stereocenters. The fraction of sp³-hybridized carbons (Fsp3) is 0.316. The third-order valence-corrected chi connectivity index (χ3v) is 4.56.